The Bertz CT molecular complexity index is 971. The summed E-state index contributed by atoms with van der Waals surface area (Å²) in [5.41, 5.74) is 10.4. The molecule has 3 rings (SSSR count). The molecular weight excluding hydrogens is 380 g/mol. The standard InChI is InChI=1S/C12H11N3O.C11H15NO2/c1-8-2-4-9(5-3-8)10-6-14-12(13)11(7-16)15-10;1-3-14-11(13)8-9-4-6-10(12-2)7-5-9/h2-7H,1H3,(H2,13,14);4-7,12H,3,8H2,1-2H3. The van der Waals surface area contributed by atoms with E-state index >= 15 is 0 Å². The van der Waals surface area contributed by atoms with Crippen molar-refractivity contribution in [2.45, 2.75) is 20.3 Å². The van der Waals surface area contributed by atoms with Gasteiger partial charge in [0.2, 0.25) is 0 Å². The van der Waals surface area contributed by atoms with Gasteiger partial charge in [-0.05, 0) is 31.5 Å². The Hall–Kier alpha value is -3.74. The molecule has 0 radical (unpaired) electrons. The smallest absolute Gasteiger partial charge is 0.310 e. The Morgan fingerprint density at radius 2 is 1.80 bits per heavy atom. The molecular formula is C23H26N4O3. The van der Waals surface area contributed by atoms with Gasteiger partial charge < -0.3 is 15.8 Å². The number of anilines is 2. The fourth-order valence-corrected chi connectivity index (χ4v) is 2.53. The molecule has 2 aromatic carbocycles. The summed E-state index contributed by atoms with van der Waals surface area (Å²) in [7, 11) is 1.86. The van der Waals surface area contributed by atoms with Gasteiger partial charge in [0.25, 0.3) is 0 Å². The Kier molecular flexibility index (Phi) is 8.50. The van der Waals surface area contributed by atoms with Crippen LogP contribution in [0.5, 0.6) is 0 Å². The van der Waals surface area contributed by atoms with Crippen LogP contribution in [-0.2, 0) is 16.0 Å². The Labute approximate surface area is 176 Å². The Morgan fingerprint density at radius 1 is 1.13 bits per heavy atom. The van der Waals surface area contributed by atoms with Crippen molar-refractivity contribution >= 4 is 23.8 Å². The highest BCUT2D eigenvalue weighted by atomic mass is 16.5. The lowest BCUT2D eigenvalue weighted by Gasteiger charge is -2.03. The number of benzene rings is 2. The Morgan fingerprint density at radius 3 is 2.37 bits per heavy atom. The average Bonchev–Trinajstić information content (AvgIpc) is 2.76. The number of aromatic nitrogens is 2. The number of nitrogens with two attached hydrogens (primary N) is 1. The molecule has 0 fully saturated rings. The molecule has 1 aromatic heterocycles. The van der Waals surface area contributed by atoms with E-state index in [2.05, 4.69) is 15.3 Å². The van der Waals surface area contributed by atoms with Crippen LogP contribution in [-0.4, -0.2) is 35.9 Å². The van der Waals surface area contributed by atoms with Crippen LogP contribution in [0.25, 0.3) is 11.3 Å². The maximum atomic E-state index is 11.1. The predicted octanol–water partition coefficient (Wildman–Crippen LogP) is 3.68. The van der Waals surface area contributed by atoms with Crippen molar-refractivity contribution in [1.82, 2.24) is 9.97 Å². The highest BCUT2D eigenvalue weighted by Crippen LogP contribution is 2.18. The molecule has 3 N–H and O–H groups in total. The van der Waals surface area contributed by atoms with Gasteiger partial charge in [0.15, 0.2) is 12.1 Å². The molecule has 0 bridgehead atoms. The normalized spacial score (nSPS) is 9.83. The fraction of sp³-hybridized carbons (Fsp3) is 0.217. The zero-order valence-corrected chi connectivity index (χ0v) is 17.4. The first-order chi connectivity index (χ1) is 14.5. The van der Waals surface area contributed by atoms with Gasteiger partial charge in [0.1, 0.15) is 5.69 Å². The third-order valence-corrected chi connectivity index (χ3v) is 4.18. The van der Waals surface area contributed by atoms with Gasteiger partial charge in [0.05, 0.1) is 24.9 Å². The van der Waals surface area contributed by atoms with Crippen molar-refractivity contribution < 1.29 is 14.3 Å². The molecule has 0 atom stereocenters. The summed E-state index contributed by atoms with van der Waals surface area (Å²) in [6, 6.07) is 15.5. The van der Waals surface area contributed by atoms with Crippen LogP contribution in [0.1, 0.15) is 28.5 Å². The number of nitrogens with zero attached hydrogens (tertiary/aromatic N) is 2. The Balaban J connectivity index is 0.000000216. The van der Waals surface area contributed by atoms with Crippen molar-refractivity contribution in [3.8, 4) is 11.3 Å². The van der Waals surface area contributed by atoms with Crippen molar-refractivity contribution in [3.63, 3.8) is 0 Å². The number of hydrogen-bond donors (Lipinski definition) is 2. The van der Waals surface area contributed by atoms with E-state index in [9.17, 15) is 9.59 Å². The van der Waals surface area contributed by atoms with Crippen LogP contribution < -0.4 is 11.1 Å². The number of aldehydes is 1. The van der Waals surface area contributed by atoms with Crippen molar-refractivity contribution in [3.05, 3.63) is 71.5 Å². The highest BCUT2D eigenvalue weighted by molar-refractivity contribution is 5.80. The van der Waals surface area contributed by atoms with Gasteiger partial charge >= 0.3 is 5.97 Å². The summed E-state index contributed by atoms with van der Waals surface area (Å²) in [5.74, 6) is -0.0180. The second kappa shape index (κ2) is 11.3. The zero-order chi connectivity index (χ0) is 21.9. The van der Waals surface area contributed by atoms with Crippen molar-refractivity contribution in [2.75, 3.05) is 24.7 Å². The minimum absolute atomic E-state index is 0.158. The average molecular weight is 406 g/mol. The predicted molar refractivity (Wildman–Crippen MR) is 118 cm³/mol. The van der Waals surface area contributed by atoms with E-state index in [0.29, 0.717) is 25.0 Å². The number of ether oxygens (including phenoxy) is 1. The molecule has 0 aliphatic carbocycles. The molecule has 0 saturated heterocycles. The number of esters is 1. The molecule has 0 unspecified atom stereocenters. The monoisotopic (exact) mass is 406 g/mol. The number of nitrogens with one attached hydrogen (secondary N) is 1. The van der Waals surface area contributed by atoms with Crippen LogP contribution in [0.15, 0.2) is 54.7 Å². The van der Waals surface area contributed by atoms with Crippen molar-refractivity contribution in [2.24, 2.45) is 0 Å². The molecule has 0 saturated carbocycles. The van der Waals surface area contributed by atoms with Gasteiger partial charge in [-0.1, -0.05) is 42.0 Å². The van der Waals surface area contributed by atoms with E-state index in [1.807, 2.05) is 69.4 Å². The molecule has 1 heterocycles. The first-order valence-corrected chi connectivity index (χ1v) is 9.53. The van der Waals surface area contributed by atoms with E-state index in [1.54, 1.807) is 6.20 Å². The minimum atomic E-state index is -0.176. The van der Waals surface area contributed by atoms with Gasteiger partial charge in [0, 0.05) is 18.3 Å². The van der Waals surface area contributed by atoms with Gasteiger partial charge in [-0.3, -0.25) is 9.59 Å². The number of carbonyl (C=O) groups is 2. The molecule has 0 amide bonds. The van der Waals surface area contributed by atoms with Gasteiger partial charge in [-0.25, -0.2) is 9.97 Å². The van der Waals surface area contributed by atoms with E-state index in [1.165, 1.54) is 5.56 Å². The van der Waals surface area contributed by atoms with Gasteiger partial charge in [-0.2, -0.15) is 0 Å². The molecule has 0 spiro atoms. The first-order valence-electron chi connectivity index (χ1n) is 9.53. The minimum Gasteiger partial charge on any atom is -0.466 e. The van der Waals surface area contributed by atoms with E-state index in [0.717, 1.165) is 16.8 Å². The summed E-state index contributed by atoms with van der Waals surface area (Å²) in [6.45, 7) is 4.25. The van der Waals surface area contributed by atoms with E-state index in [-0.39, 0.29) is 17.5 Å². The first kappa shape index (κ1) is 22.5. The maximum Gasteiger partial charge on any atom is 0.310 e. The summed E-state index contributed by atoms with van der Waals surface area (Å²) in [5, 5.41) is 3.02. The second-order valence-corrected chi connectivity index (χ2v) is 6.44. The number of aryl methyl sites for hydroxylation is 1. The molecule has 0 aliphatic heterocycles. The summed E-state index contributed by atoms with van der Waals surface area (Å²) >= 11 is 0. The molecule has 7 nitrogen and oxygen atoms in total. The van der Waals surface area contributed by atoms with Crippen LogP contribution in [0, 0.1) is 6.92 Å². The highest BCUT2D eigenvalue weighted by Gasteiger charge is 2.05. The fourth-order valence-electron chi connectivity index (χ4n) is 2.53. The topological polar surface area (TPSA) is 107 Å². The SMILES string of the molecule is CCOC(=O)Cc1ccc(NC)cc1.Cc1ccc(-c2cnc(N)c(C=O)n2)cc1. The third kappa shape index (κ3) is 6.70. The van der Waals surface area contributed by atoms with E-state index < -0.39 is 0 Å². The van der Waals surface area contributed by atoms with Crippen LogP contribution in [0.2, 0.25) is 0 Å². The zero-order valence-electron chi connectivity index (χ0n) is 17.4. The molecule has 30 heavy (non-hydrogen) atoms. The maximum absolute atomic E-state index is 11.1. The van der Waals surface area contributed by atoms with Crippen molar-refractivity contribution in [1.29, 1.82) is 0 Å². The number of nitrogen functional groups attached to an aromatic ring is 1. The lowest BCUT2D eigenvalue weighted by molar-refractivity contribution is -0.142. The molecule has 156 valence electrons. The van der Waals surface area contributed by atoms with E-state index in [4.69, 9.17) is 10.5 Å². The van der Waals surface area contributed by atoms with Crippen LogP contribution in [0.4, 0.5) is 11.5 Å². The quantitative estimate of drug-likeness (QED) is 0.475. The summed E-state index contributed by atoms with van der Waals surface area (Å²) in [4.78, 5) is 29.9. The number of rotatable bonds is 6. The van der Waals surface area contributed by atoms with Crippen LogP contribution >= 0.6 is 0 Å². The molecule has 0 aliphatic rings. The van der Waals surface area contributed by atoms with Gasteiger partial charge in [-0.15, -0.1) is 0 Å². The number of hydrogen-bond acceptors (Lipinski definition) is 7. The number of carbonyl (C=O) groups excluding carboxylic acids is 2. The second-order valence-electron chi connectivity index (χ2n) is 6.44. The lowest BCUT2D eigenvalue weighted by Crippen LogP contribution is -2.07. The molecule has 7 heteroatoms. The largest absolute Gasteiger partial charge is 0.466 e. The lowest BCUT2D eigenvalue weighted by atomic mass is 10.1. The third-order valence-electron chi connectivity index (χ3n) is 4.18. The molecule has 3 aromatic rings. The van der Waals surface area contributed by atoms with Crippen LogP contribution in [0.3, 0.4) is 0 Å². The summed E-state index contributed by atoms with van der Waals surface area (Å²) in [6.07, 6.45) is 2.52. The summed E-state index contributed by atoms with van der Waals surface area (Å²) < 4.78 is 4.85.